The molecule has 1 unspecified atom stereocenters. The van der Waals surface area contributed by atoms with Gasteiger partial charge in [0.2, 0.25) is 0 Å². The molecule has 0 bridgehead atoms. The van der Waals surface area contributed by atoms with Crippen LogP contribution in [0.2, 0.25) is 0 Å². The minimum Gasteiger partial charge on any atom is -0.284 e. The number of hydrogen-bond donors (Lipinski definition) is 1. The molecule has 0 fully saturated rings. The molecule has 0 aliphatic carbocycles. The van der Waals surface area contributed by atoms with E-state index in [9.17, 15) is 24.4 Å². The van der Waals surface area contributed by atoms with E-state index in [2.05, 4.69) is 4.18 Å². The smallest absolute Gasteiger partial charge is 0.284 e. The summed E-state index contributed by atoms with van der Waals surface area (Å²) in [6, 6.07) is 2.91. The van der Waals surface area contributed by atoms with Crippen molar-refractivity contribution >= 4 is 22.7 Å². The molecular formula is C7H6N2O7S. The quantitative estimate of drug-likeness (QED) is 0.478. The monoisotopic (exact) mass is 262 g/mol. The van der Waals surface area contributed by atoms with Gasteiger partial charge in [-0.3, -0.25) is 29.0 Å². The average Bonchev–Trinajstić information content (AvgIpc) is 2.25. The summed E-state index contributed by atoms with van der Waals surface area (Å²) in [6.07, 6.45) is 0. The number of nitro benzene ring substituents is 2. The maximum absolute atomic E-state index is 10.6. The van der Waals surface area contributed by atoms with Crippen LogP contribution in [-0.2, 0) is 22.2 Å². The van der Waals surface area contributed by atoms with E-state index < -0.39 is 39.2 Å². The summed E-state index contributed by atoms with van der Waals surface area (Å²) in [4.78, 5) is 19.4. The Morgan fingerprint density at radius 3 is 2.41 bits per heavy atom. The standard InChI is InChI=1S/C7H6N2O7S/c10-8(11)6-2-1-5(4-16-17(14)15)7(3-6)9(12)13/h1-3H,4H2,(H,14,15). The second-order valence-electron chi connectivity index (χ2n) is 2.81. The number of hydrogen-bond acceptors (Lipinski definition) is 6. The molecule has 1 aromatic rings. The van der Waals surface area contributed by atoms with Crippen LogP contribution in [0.15, 0.2) is 18.2 Å². The Hall–Kier alpha value is -1.91. The van der Waals surface area contributed by atoms with Gasteiger partial charge in [-0.15, -0.1) is 0 Å². The molecule has 0 saturated heterocycles. The molecule has 0 radical (unpaired) electrons. The van der Waals surface area contributed by atoms with Crippen LogP contribution in [0.3, 0.4) is 0 Å². The molecular weight excluding hydrogens is 256 g/mol. The van der Waals surface area contributed by atoms with Gasteiger partial charge in [0.25, 0.3) is 11.4 Å². The Morgan fingerprint density at radius 1 is 1.29 bits per heavy atom. The first-order valence-electron chi connectivity index (χ1n) is 4.07. The Kier molecular flexibility index (Phi) is 4.20. The zero-order chi connectivity index (χ0) is 13.0. The Bertz CT molecular complexity index is 489. The van der Waals surface area contributed by atoms with Gasteiger partial charge < -0.3 is 0 Å². The molecule has 0 aromatic heterocycles. The Morgan fingerprint density at radius 2 is 1.94 bits per heavy atom. The van der Waals surface area contributed by atoms with Gasteiger partial charge in [0.1, 0.15) is 0 Å². The lowest BCUT2D eigenvalue weighted by Crippen LogP contribution is -2.01. The summed E-state index contributed by atoms with van der Waals surface area (Å²) >= 11 is -2.56. The Balaban J connectivity index is 3.08. The first kappa shape index (κ1) is 13.2. The van der Waals surface area contributed by atoms with Gasteiger partial charge in [-0.25, -0.2) is 0 Å². The maximum Gasteiger partial charge on any atom is 0.302 e. The number of rotatable bonds is 5. The van der Waals surface area contributed by atoms with Crippen LogP contribution in [0, 0.1) is 20.2 Å². The van der Waals surface area contributed by atoms with Gasteiger partial charge in [0.05, 0.1) is 28.1 Å². The third-order valence-corrected chi connectivity index (χ3v) is 2.11. The lowest BCUT2D eigenvalue weighted by molar-refractivity contribution is -0.394. The summed E-state index contributed by atoms with van der Waals surface area (Å²) in [5.74, 6) is 0. The summed E-state index contributed by atoms with van der Waals surface area (Å²) in [5.41, 5.74) is -1.00. The highest BCUT2D eigenvalue weighted by Crippen LogP contribution is 2.25. The molecule has 9 nitrogen and oxygen atoms in total. The van der Waals surface area contributed by atoms with Crippen molar-refractivity contribution in [3.63, 3.8) is 0 Å². The highest BCUT2D eigenvalue weighted by atomic mass is 32.2. The van der Waals surface area contributed by atoms with E-state index in [0.29, 0.717) is 0 Å². The second kappa shape index (κ2) is 5.43. The molecule has 0 heterocycles. The molecule has 10 heteroatoms. The molecule has 92 valence electrons. The van der Waals surface area contributed by atoms with Gasteiger partial charge in [0, 0.05) is 6.07 Å². The van der Waals surface area contributed by atoms with Crippen LogP contribution in [0.5, 0.6) is 0 Å². The van der Waals surface area contributed by atoms with Crippen molar-refractivity contribution in [2.45, 2.75) is 6.61 Å². The van der Waals surface area contributed by atoms with Gasteiger partial charge in [-0.05, 0) is 6.07 Å². The number of nitro groups is 2. The second-order valence-corrected chi connectivity index (χ2v) is 3.48. The minimum atomic E-state index is -2.56. The van der Waals surface area contributed by atoms with Crippen LogP contribution in [0.1, 0.15) is 5.56 Å². The number of benzene rings is 1. The van der Waals surface area contributed by atoms with Gasteiger partial charge in [-0.1, -0.05) is 0 Å². The summed E-state index contributed by atoms with van der Waals surface area (Å²) < 4.78 is 22.9. The van der Waals surface area contributed by atoms with Crippen molar-refractivity contribution in [1.29, 1.82) is 0 Å². The zero-order valence-electron chi connectivity index (χ0n) is 8.14. The van der Waals surface area contributed by atoms with E-state index in [1.807, 2.05) is 0 Å². The predicted octanol–water partition coefficient (Wildman–Crippen LogP) is 1.16. The van der Waals surface area contributed by atoms with Crippen molar-refractivity contribution in [1.82, 2.24) is 0 Å². The largest absolute Gasteiger partial charge is 0.302 e. The van der Waals surface area contributed by atoms with Crippen molar-refractivity contribution in [3.8, 4) is 0 Å². The van der Waals surface area contributed by atoms with Crippen LogP contribution in [0.25, 0.3) is 0 Å². The molecule has 1 rings (SSSR count). The highest BCUT2D eigenvalue weighted by Gasteiger charge is 2.19. The summed E-state index contributed by atoms with van der Waals surface area (Å²) in [5, 5.41) is 21.0. The number of non-ortho nitro benzene ring substituents is 1. The van der Waals surface area contributed by atoms with E-state index in [0.717, 1.165) is 18.2 Å². The summed E-state index contributed by atoms with van der Waals surface area (Å²) in [6.45, 7) is -0.489. The van der Waals surface area contributed by atoms with Crippen molar-refractivity contribution in [2.75, 3.05) is 0 Å². The lowest BCUT2D eigenvalue weighted by Gasteiger charge is -2.01. The van der Waals surface area contributed by atoms with Crippen molar-refractivity contribution < 1.29 is 22.8 Å². The van der Waals surface area contributed by atoms with Crippen LogP contribution in [0.4, 0.5) is 11.4 Å². The topological polar surface area (TPSA) is 133 Å². The van der Waals surface area contributed by atoms with Crippen molar-refractivity contribution in [2.24, 2.45) is 0 Å². The fourth-order valence-corrected chi connectivity index (χ4v) is 1.30. The van der Waals surface area contributed by atoms with Crippen LogP contribution < -0.4 is 0 Å². The normalized spacial score (nSPS) is 12.1. The molecule has 0 amide bonds. The molecule has 0 aliphatic heterocycles. The molecule has 1 atom stereocenters. The fraction of sp³-hybridized carbons (Fsp3) is 0.143. The van der Waals surface area contributed by atoms with E-state index in [1.165, 1.54) is 0 Å². The van der Waals surface area contributed by atoms with Crippen molar-refractivity contribution in [3.05, 3.63) is 44.0 Å². The first-order chi connectivity index (χ1) is 7.91. The lowest BCUT2D eigenvalue weighted by atomic mass is 10.2. The Labute approximate surface area is 96.8 Å². The third kappa shape index (κ3) is 3.55. The SMILES string of the molecule is O=[N+]([O-])c1ccc(COS(=O)O)c([N+](=O)[O-])c1. The van der Waals surface area contributed by atoms with Crippen LogP contribution >= 0.6 is 0 Å². The van der Waals surface area contributed by atoms with Gasteiger partial charge >= 0.3 is 11.4 Å². The summed E-state index contributed by atoms with van der Waals surface area (Å²) in [7, 11) is 0. The average molecular weight is 262 g/mol. The van der Waals surface area contributed by atoms with E-state index >= 15 is 0 Å². The highest BCUT2D eigenvalue weighted by molar-refractivity contribution is 7.74. The molecule has 0 spiro atoms. The van der Waals surface area contributed by atoms with Gasteiger partial charge in [-0.2, -0.15) is 4.21 Å². The van der Waals surface area contributed by atoms with E-state index in [-0.39, 0.29) is 5.56 Å². The van der Waals surface area contributed by atoms with E-state index in [1.54, 1.807) is 0 Å². The fourth-order valence-electron chi connectivity index (χ4n) is 1.07. The van der Waals surface area contributed by atoms with Crippen LogP contribution in [-0.4, -0.2) is 18.6 Å². The maximum atomic E-state index is 10.6. The zero-order valence-corrected chi connectivity index (χ0v) is 8.96. The molecule has 0 aliphatic rings. The minimum absolute atomic E-state index is 0.0250. The molecule has 0 saturated carbocycles. The predicted molar refractivity (Wildman–Crippen MR) is 55.3 cm³/mol. The molecule has 1 aromatic carbocycles. The molecule has 17 heavy (non-hydrogen) atoms. The number of nitrogens with zero attached hydrogens (tertiary/aromatic N) is 2. The third-order valence-electron chi connectivity index (χ3n) is 1.79. The first-order valence-corrected chi connectivity index (χ1v) is 5.11. The molecule has 1 N–H and O–H groups in total. The van der Waals surface area contributed by atoms with E-state index in [4.69, 9.17) is 4.55 Å². The van der Waals surface area contributed by atoms with Gasteiger partial charge in [0.15, 0.2) is 0 Å².